The minimum absolute atomic E-state index is 0.0313. The number of carbonyl (C=O) groups is 2. The summed E-state index contributed by atoms with van der Waals surface area (Å²) in [6.45, 7) is 8.10. The highest BCUT2D eigenvalue weighted by molar-refractivity contribution is 6.01. The molecule has 3 atom stereocenters. The molecule has 4 N–H and O–H groups in total. The largest absolute Gasteiger partial charge is 0.377 e. The summed E-state index contributed by atoms with van der Waals surface area (Å²) in [6.07, 6.45) is 1.87. The second kappa shape index (κ2) is 6.11. The van der Waals surface area contributed by atoms with Gasteiger partial charge in [-0.2, -0.15) is 0 Å². The molecule has 1 saturated carbocycles. The minimum Gasteiger partial charge on any atom is -0.377 e. The number of nitrogens with one attached hydrogen (secondary N) is 2. The van der Waals surface area contributed by atoms with Crippen molar-refractivity contribution in [1.82, 2.24) is 0 Å². The van der Waals surface area contributed by atoms with Gasteiger partial charge in [0.1, 0.15) is 5.54 Å². The van der Waals surface area contributed by atoms with Crippen LogP contribution in [0, 0.1) is 18.3 Å². The predicted molar refractivity (Wildman–Crippen MR) is 97.3 cm³/mol. The van der Waals surface area contributed by atoms with Gasteiger partial charge in [-0.25, -0.2) is 0 Å². The molecule has 6 heteroatoms. The van der Waals surface area contributed by atoms with E-state index in [9.17, 15) is 9.59 Å². The van der Waals surface area contributed by atoms with E-state index in [0.29, 0.717) is 11.4 Å². The van der Waals surface area contributed by atoms with Crippen molar-refractivity contribution in [3.05, 3.63) is 23.8 Å². The van der Waals surface area contributed by atoms with Gasteiger partial charge in [0, 0.05) is 36.2 Å². The number of nitrogens with two attached hydrogens (primary N) is 1. The van der Waals surface area contributed by atoms with Crippen LogP contribution in [0.1, 0.15) is 39.2 Å². The number of anilines is 2. The van der Waals surface area contributed by atoms with E-state index in [-0.39, 0.29) is 23.8 Å². The summed E-state index contributed by atoms with van der Waals surface area (Å²) in [6, 6.07) is 5.43. The van der Waals surface area contributed by atoms with Crippen LogP contribution in [0.5, 0.6) is 0 Å². The number of amides is 2. The molecule has 2 fully saturated rings. The molecule has 3 unspecified atom stereocenters. The number of benzene rings is 1. The Kier molecular flexibility index (Phi) is 4.37. The molecule has 0 bridgehead atoms. The first-order valence-electron chi connectivity index (χ1n) is 8.78. The minimum atomic E-state index is -0.964. The summed E-state index contributed by atoms with van der Waals surface area (Å²) in [5.74, 6) is -0.304. The maximum absolute atomic E-state index is 13.1. The van der Waals surface area contributed by atoms with Crippen molar-refractivity contribution < 1.29 is 14.3 Å². The summed E-state index contributed by atoms with van der Waals surface area (Å²) in [5, 5.41) is 5.72. The number of hydrogen-bond acceptors (Lipinski definition) is 4. The van der Waals surface area contributed by atoms with Crippen LogP contribution in [0.4, 0.5) is 11.4 Å². The maximum Gasteiger partial charge on any atom is 0.245 e. The van der Waals surface area contributed by atoms with Gasteiger partial charge in [0.2, 0.25) is 11.8 Å². The Bertz CT molecular complexity index is 716. The van der Waals surface area contributed by atoms with Crippen LogP contribution >= 0.6 is 0 Å². The molecule has 0 aromatic heterocycles. The van der Waals surface area contributed by atoms with Crippen molar-refractivity contribution in [2.75, 3.05) is 17.2 Å². The zero-order valence-electron chi connectivity index (χ0n) is 15.3. The van der Waals surface area contributed by atoms with Gasteiger partial charge in [0.25, 0.3) is 0 Å². The highest BCUT2D eigenvalue weighted by atomic mass is 16.5. The monoisotopic (exact) mass is 345 g/mol. The Morgan fingerprint density at radius 3 is 2.68 bits per heavy atom. The Labute approximate surface area is 148 Å². The molecule has 1 aromatic rings. The van der Waals surface area contributed by atoms with E-state index >= 15 is 0 Å². The third-order valence-electron chi connectivity index (χ3n) is 5.87. The Hall–Kier alpha value is -1.92. The number of fused-ring (bicyclic) bond motifs is 1. The van der Waals surface area contributed by atoms with Crippen molar-refractivity contribution in [3.8, 4) is 0 Å². The van der Waals surface area contributed by atoms with E-state index in [4.69, 9.17) is 10.5 Å². The molecule has 0 spiro atoms. The lowest BCUT2D eigenvalue weighted by Crippen LogP contribution is -2.81. The van der Waals surface area contributed by atoms with Crippen molar-refractivity contribution in [1.29, 1.82) is 0 Å². The smallest absolute Gasteiger partial charge is 0.245 e. The predicted octanol–water partition coefficient (Wildman–Crippen LogP) is 2.42. The number of carbonyl (C=O) groups excluding carboxylic acids is 2. The average Bonchev–Trinajstić information content (AvgIpc) is 2.56. The van der Waals surface area contributed by atoms with Gasteiger partial charge in [-0.15, -0.1) is 0 Å². The number of hydrogen-bond donors (Lipinski definition) is 3. The molecule has 3 rings (SSSR count). The van der Waals surface area contributed by atoms with Gasteiger partial charge < -0.3 is 21.1 Å². The number of ether oxygens (including phenoxy) is 1. The van der Waals surface area contributed by atoms with E-state index in [2.05, 4.69) is 10.6 Å². The fourth-order valence-corrected chi connectivity index (χ4v) is 4.30. The molecule has 1 aliphatic carbocycles. The van der Waals surface area contributed by atoms with E-state index in [1.165, 1.54) is 6.92 Å². The van der Waals surface area contributed by atoms with Crippen LogP contribution < -0.4 is 16.4 Å². The van der Waals surface area contributed by atoms with E-state index < -0.39 is 11.0 Å². The quantitative estimate of drug-likeness (QED) is 0.784. The normalized spacial score (nSPS) is 30.0. The van der Waals surface area contributed by atoms with Gasteiger partial charge in [-0.3, -0.25) is 9.59 Å². The summed E-state index contributed by atoms with van der Waals surface area (Å²) in [4.78, 5) is 24.4. The van der Waals surface area contributed by atoms with Gasteiger partial charge in [-0.1, -0.05) is 19.9 Å². The van der Waals surface area contributed by atoms with Crippen molar-refractivity contribution in [2.45, 2.75) is 52.2 Å². The molecular formula is C19H27N3O3. The SMILES string of the molecule is CC(=O)Nc1ccc(C)c(NC(=O)C2(N)C3CCCOC3C2(C)C)c1. The lowest BCUT2D eigenvalue weighted by Gasteiger charge is -2.65. The van der Waals surface area contributed by atoms with E-state index in [0.717, 1.165) is 25.0 Å². The van der Waals surface area contributed by atoms with Crippen LogP contribution in [0.15, 0.2) is 18.2 Å². The molecule has 1 heterocycles. The summed E-state index contributed by atoms with van der Waals surface area (Å²) in [7, 11) is 0. The molecule has 1 aromatic carbocycles. The fourth-order valence-electron chi connectivity index (χ4n) is 4.30. The summed E-state index contributed by atoms with van der Waals surface area (Å²) >= 11 is 0. The van der Waals surface area contributed by atoms with Crippen LogP contribution in [-0.4, -0.2) is 30.1 Å². The Morgan fingerprint density at radius 1 is 1.28 bits per heavy atom. The maximum atomic E-state index is 13.1. The van der Waals surface area contributed by atoms with Crippen LogP contribution in [0.3, 0.4) is 0 Å². The van der Waals surface area contributed by atoms with Gasteiger partial charge in [0.05, 0.1) is 6.10 Å². The third kappa shape index (κ3) is 2.73. The standard InChI is InChI=1S/C19H27N3O3/c1-11-7-8-13(21-12(2)23)10-15(11)22-17(24)19(20)14-6-5-9-25-16(14)18(19,3)4/h7-8,10,14,16H,5-6,9,20H2,1-4H3,(H,21,23)(H,22,24). The molecule has 1 aliphatic heterocycles. The van der Waals surface area contributed by atoms with Crippen LogP contribution in [0.2, 0.25) is 0 Å². The zero-order chi connectivity index (χ0) is 18.4. The van der Waals surface area contributed by atoms with E-state index in [1.807, 2.05) is 32.9 Å². The Morgan fingerprint density at radius 2 is 2.00 bits per heavy atom. The van der Waals surface area contributed by atoms with Gasteiger partial charge in [0.15, 0.2) is 0 Å². The number of rotatable bonds is 3. The summed E-state index contributed by atoms with van der Waals surface area (Å²) < 4.78 is 5.87. The molecule has 2 aliphatic rings. The van der Waals surface area contributed by atoms with Crippen molar-refractivity contribution in [2.24, 2.45) is 17.1 Å². The zero-order valence-corrected chi connectivity index (χ0v) is 15.3. The fraction of sp³-hybridized carbons (Fsp3) is 0.579. The highest BCUT2D eigenvalue weighted by Gasteiger charge is 2.70. The van der Waals surface area contributed by atoms with Gasteiger partial charge >= 0.3 is 0 Å². The molecule has 2 amide bonds. The lowest BCUT2D eigenvalue weighted by molar-refractivity contribution is -0.222. The second-order valence-electron chi connectivity index (χ2n) is 7.80. The Balaban J connectivity index is 1.83. The molecule has 6 nitrogen and oxygen atoms in total. The molecule has 0 radical (unpaired) electrons. The lowest BCUT2D eigenvalue weighted by atomic mass is 9.46. The van der Waals surface area contributed by atoms with Crippen LogP contribution in [-0.2, 0) is 14.3 Å². The first-order valence-corrected chi connectivity index (χ1v) is 8.78. The van der Waals surface area contributed by atoms with Crippen LogP contribution in [0.25, 0.3) is 0 Å². The third-order valence-corrected chi connectivity index (χ3v) is 5.87. The van der Waals surface area contributed by atoms with Gasteiger partial charge in [-0.05, 0) is 37.5 Å². The van der Waals surface area contributed by atoms with Crippen molar-refractivity contribution >= 4 is 23.2 Å². The molecular weight excluding hydrogens is 318 g/mol. The van der Waals surface area contributed by atoms with E-state index in [1.54, 1.807) is 6.07 Å². The average molecular weight is 345 g/mol. The highest BCUT2D eigenvalue weighted by Crippen LogP contribution is 2.57. The number of aryl methyl sites for hydroxylation is 1. The van der Waals surface area contributed by atoms with Crippen molar-refractivity contribution in [3.63, 3.8) is 0 Å². The molecule has 25 heavy (non-hydrogen) atoms. The topological polar surface area (TPSA) is 93.5 Å². The molecule has 1 saturated heterocycles. The second-order valence-corrected chi connectivity index (χ2v) is 7.80. The summed E-state index contributed by atoms with van der Waals surface area (Å²) in [5.41, 5.74) is 7.47. The first kappa shape index (κ1) is 17.9. The molecule has 136 valence electrons. The first-order chi connectivity index (χ1) is 11.7.